The molecule has 0 atom stereocenters. The monoisotopic (exact) mass is 277 g/mol. The van der Waals surface area contributed by atoms with Crippen molar-refractivity contribution in [3.05, 3.63) is 35.9 Å². The molecule has 0 aliphatic carbocycles. The van der Waals surface area contributed by atoms with Crippen molar-refractivity contribution in [3.63, 3.8) is 0 Å². The van der Waals surface area contributed by atoms with Crippen molar-refractivity contribution in [1.82, 2.24) is 4.90 Å². The number of para-hydroxylation sites is 1. The molecule has 1 aromatic rings. The molecule has 1 aliphatic rings. The maximum absolute atomic E-state index is 10.6. The highest BCUT2D eigenvalue weighted by Crippen LogP contribution is 2.19. The third-order valence-corrected chi connectivity index (χ3v) is 3.09. The van der Waals surface area contributed by atoms with Crippen molar-refractivity contribution in [2.45, 2.75) is 0 Å². The summed E-state index contributed by atoms with van der Waals surface area (Å²) in [6.07, 6.45) is 2.66. The lowest BCUT2D eigenvalue weighted by Crippen LogP contribution is -2.38. The lowest BCUT2D eigenvalue weighted by molar-refractivity contribution is -0.131. The van der Waals surface area contributed by atoms with E-state index in [9.17, 15) is 4.79 Å². The summed E-state index contributed by atoms with van der Waals surface area (Å²) in [5.41, 5.74) is 0.775. The summed E-state index contributed by atoms with van der Waals surface area (Å²) in [5.74, 6) is -0.258. The maximum Gasteiger partial charge on any atom is 0.328 e. The topological polar surface area (TPSA) is 59.0 Å². The van der Waals surface area contributed by atoms with Crippen LogP contribution in [0.15, 0.2) is 30.3 Å². The van der Waals surface area contributed by atoms with Crippen LogP contribution in [0.1, 0.15) is 5.56 Å². The minimum Gasteiger partial charge on any atom is -0.492 e. The fourth-order valence-corrected chi connectivity index (χ4v) is 2.02. The van der Waals surface area contributed by atoms with Crippen molar-refractivity contribution in [3.8, 4) is 5.75 Å². The molecule has 0 saturated carbocycles. The Kier molecular flexibility index (Phi) is 5.58. The SMILES string of the molecule is O=C(O)/C=C/c1ccccc1OCCN1CCOCC1. The van der Waals surface area contributed by atoms with E-state index in [0.29, 0.717) is 12.4 Å². The Bertz CT molecular complexity index is 467. The second kappa shape index (κ2) is 7.67. The van der Waals surface area contributed by atoms with Crippen LogP contribution >= 0.6 is 0 Å². The fourth-order valence-electron chi connectivity index (χ4n) is 2.02. The van der Waals surface area contributed by atoms with Crippen molar-refractivity contribution in [2.75, 3.05) is 39.5 Å². The van der Waals surface area contributed by atoms with E-state index in [1.165, 1.54) is 0 Å². The number of hydrogen-bond acceptors (Lipinski definition) is 4. The molecule has 0 bridgehead atoms. The molecule has 0 amide bonds. The van der Waals surface area contributed by atoms with Gasteiger partial charge in [0.15, 0.2) is 0 Å². The molecule has 1 aliphatic heterocycles. The number of benzene rings is 1. The van der Waals surface area contributed by atoms with E-state index in [4.69, 9.17) is 14.6 Å². The van der Waals surface area contributed by atoms with Crippen molar-refractivity contribution in [2.24, 2.45) is 0 Å². The van der Waals surface area contributed by atoms with Gasteiger partial charge in [0.25, 0.3) is 0 Å². The first-order valence-electron chi connectivity index (χ1n) is 6.68. The highest BCUT2D eigenvalue weighted by molar-refractivity contribution is 5.85. The number of carbonyl (C=O) groups is 1. The molecule has 1 aromatic carbocycles. The van der Waals surface area contributed by atoms with Gasteiger partial charge in [-0.1, -0.05) is 18.2 Å². The Hall–Kier alpha value is -1.85. The minimum absolute atomic E-state index is 0.581. The lowest BCUT2D eigenvalue weighted by atomic mass is 10.2. The summed E-state index contributed by atoms with van der Waals surface area (Å²) in [5, 5.41) is 8.67. The third-order valence-electron chi connectivity index (χ3n) is 3.09. The van der Waals surface area contributed by atoms with E-state index < -0.39 is 5.97 Å². The van der Waals surface area contributed by atoms with Crippen LogP contribution in [-0.4, -0.2) is 55.4 Å². The Morgan fingerprint density at radius 1 is 1.35 bits per heavy atom. The summed E-state index contributed by atoms with van der Waals surface area (Å²) in [4.78, 5) is 12.8. The molecule has 108 valence electrons. The van der Waals surface area contributed by atoms with Crippen molar-refractivity contribution in [1.29, 1.82) is 0 Å². The van der Waals surface area contributed by atoms with E-state index in [1.54, 1.807) is 6.08 Å². The molecule has 5 heteroatoms. The van der Waals surface area contributed by atoms with Gasteiger partial charge >= 0.3 is 5.97 Å². The number of carboxylic acids is 1. The summed E-state index contributed by atoms with van der Waals surface area (Å²) >= 11 is 0. The number of rotatable bonds is 6. The van der Waals surface area contributed by atoms with E-state index in [-0.39, 0.29) is 0 Å². The van der Waals surface area contributed by atoms with Gasteiger partial charge in [-0.05, 0) is 12.1 Å². The summed E-state index contributed by atoms with van der Waals surface area (Å²) in [7, 11) is 0. The van der Waals surface area contributed by atoms with Crippen LogP contribution in [0.2, 0.25) is 0 Å². The van der Waals surface area contributed by atoms with Crippen LogP contribution in [0.4, 0.5) is 0 Å². The molecule has 1 fully saturated rings. The van der Waals surface area contributed by atoms with Crippen LogP contribution in [0, 0.1) is 0 Å². The largest absolute Gasteiger partial charge is 0.492 e. The van der Waals surface area contributed by atoms with Gasteiger partial charge in [0.05, 0.1) is 13.2 Å². The first kappa shape index (κ1) is 14.6. The molecule has 1 heterocycles. The predicted molar refractivity (Wildman–Crippen MR) is 75.9 cm³/mol. The van der Waals surface area contributed by atoms with Gasteiger partial charge in [-0.15, -0.1) is 0 Å². The van der Waals surface area contributed by atoms with Crippen molar-refractivity contribution >= 4 is 12.0 Å². The Morgan fingerprint density at radius 3 is 2.85 bits per heavy atom. The highest BCUT2D eigenvalue weighted by atomic mass is 16.5. The van der Waals surface area contributed by atoms with Gasteiger partial charge in [-0.3, -0.25) is 4.90 Å². The number of aliphatic carboxylic acids is 1. The Labute approximate surface area is 118 Å². The van der Waals surface area contributed by atoms with E-state index in [1.807, 2.05) is 24.3 Å². The second-order valence-corrected chi connectivity index (χ2v) is 4.51. The Balaban J connectivity index is 1.86. The first-order valence-corrected chi connectivity index (χ1v) is 6.68. The first-order chi connectivity index (χ1) is 9.75. The van der Waals surface area contributed by atoms with Gasteiger partial charge in [-0.2, -0.15) is 0 Å². The van der Waals surface area contributed by atoms with Gasteiger partial charge in [0, 0.05) is 31.3 Å². The lowest BCUT2D eigenvalue weighted by Gasteiger charge is -2.26. The maximum atomic E-state index is 10.6. The number of hydrogen-bond donors (Lipinski definition) is 1. The predicted octanol–water partition coefficient (Wildman–Crippen LogP) is 1.50. The van der Waals surface area contributed by atoms with E-state index >= 15 is 0 Å². The van der Waals surface area contributed by atoms with Gasteiger partial charge in [0.1, 0.15) is 12.4 Å². The molecule has 5 nitrogen and oxygen atoms in total. The van der Waals surface area contributed by atoms with E-state index in [0.717, 1.165) is 44.5 Å². The number of carboxylic acid groups (broad SMARTS) is 1. The van der Waals surface area contributed by atoms with Crippen LogP contribution in [-0.2, 0) is 9.53 Å². The summed E-state index contributed by atoms with van der Waals surface area (Å²) in [6.45, 7) is 4.85. The average Bonchev–Trinajstić information content (AvgIpc) is 2.47. The summed E-state index contributed by atoms with van der Waals surface area (Å²) in [6, 6.07) is 7.42. The van der Waals surface area contributed by atoms with Crippen LogP contribution in [0.5, 0.6) is 5.75 Å². The zero-order chi connectivity index (χ0) is 14.2. The van der Waals surface area contributed by atoms with Crippen LogP contribution in [0.3, 0.4) is 0 Å². The normalized spacial score (nSPS) is 16.4. The molecule has 0 unspecified atom stereocenters. The standard InChI is InChI=1S/C15H19NO4/c17-15(18)6-5-13-3-1-2-4-14(13)20-12-9-16-7-10-19-11-8-16/h1-6H,7-12H2,(H,17,18)/b6-5+. The van der Waals surface area contributed by atoms with Crippen LogP contribution < -0.4 is 4.74 Å². The molecule has 1 N–H and O–H groups in total. The molecule has 0 radical (unpaired) electrons. The van der Waals surface area contributed by atoms with Gasteiger partial charge in [0.2, 0.25) is 0 Å². The minimum atomic E-state index is -0.965. The molecule has 20 heavy (non-hydrogen) atoms. The molecule has 1 saturated heterocycles. The molecular formula is C15H19NO4. The summed E-state index contributed by atoms with van der Waals surface area (Å²) < 4.78 is 11.0. The Morgan fingerprint density at radius 2 is 2.10 bits per heavy atom. The highest BCUT2D eigenvalue weighted by Gasteiger charge is 2.10. The average molecular weight is 277 g/mol. The molecule has 0 spiro atoms. The number of nitrogens with zero attached hydrogens (tertiary/aromatic N) is 1. The second-order valence-electron chi connectivity index (χ2n) is 4.51. The third kappa shape index (κ3) is 4.68. The fraction of sp³-hybridized carbons (Fsp3) is 0.400. The van der Waals surface area contributed by atoms with Gasteiger partial charge in [-0.25, -0.2) is 4.79 Å². The molecular weight excluding hydrogens is 258 g/mol. The zero-order valence-corrected chi connectivity index (χ0v) is 11.3. The van der Waals surface area contributed by atoms with Gasteiger partial charge < -0.3 is 14.6 Å². The quantitative estimate of drug-likeness (QED) is 0.798. The smallest absolute Gasteiger partial charge is 0.328 e. The zero-order valence-electron chi connectivity index (χ0n) is 11.3. The van der Waals surface area contributed by atoms with E-state index in [2.05, 4.69) is 4.90 Å². The van der Waals surface area contributed by atoms with Crippen LogP contribution in [0.25, 0.3) is 6.08 Å². The molecule has 0 aromatic heterocycles. The number of ether oxygens (including phenoxy) is 2. The molecule has 2 rings (SSSR count). The van der Waals surface area contributed by atoms with Crippen molar-refractivity contribution < 1.29 is 19.4 Å². The number of morpholine rings is 1.